The second kappa shape index (κ2) is 13.7. The first-order chi connectivity index (χ1) is 19.7. The molecule has 0 radical (unpaired) electrons. The third-order valence-electron chi connectivity index (χ3n) is 7.71. The van der Waals surface area contributed by atoms with Gasteiger partial charge in [0, 0.05) is 17.7 Å². The summed E-state index contributed by atoms with van der Waals surface area (Å²) in [6.07, 6.45) is 5.05. The molecule has 0 aromatic heterocycles. The summed E-state index contributed by atoms with van der Waals surface area (Å²) >= 11 is 0. The number of hydrogen-bond donors (Lipinski definition) is 6. The molecule has 9 heteroatoms. The fourth-order valence-electron chi connectivity index (χ4n) is 5.36. The molecule has 1 aliphatic rings. The Morgan fingerprint density at radius 1 is 0.829 bits per heavy atom. The molecule has 1 saturated carbocycles. The molecule has 0 spiro atoms. The van der Waals surface area contributed by atoms with Crippen molar-refractivity contribution >= 4 is 23.5 Å². The van der Waals surface area contributed by atoms with Crippen molar-refractivity contribution in [2.75, 3.05) is 0 Å². The van der Waals surface area contributed by atoms with Gasteiger partial charge in [-0.1, -0.05) is 79.9 Å². The average Bonchev–Trinajstić information content (AvgIpc) is 2.98. The van der Waals surface area contributed by atoms with Gasteiger partial charge in [0.25, 0.3) is 0 Å². The van der Waals surface area contributed by atoms with Gasteiger partial charge in [0.05, 0.1) is 5.92 Å². The summed E-state index contributed by atoms with van der Waals surface area (Å²) in [4.78, 5) is 27.4. The van der Waals surface area contributed by atoms with E-state index in [1.807, 2.05) is 12.1 Å². The van der Waals surface area contributed by atoms with Gasteiger partial charge in [0.2, 0.25) is 11.8 Å². The van der Waals surface area contributed by atoms with Crippen molar-refractivity contribution in [1.29, 1.82) is 10.8 Å². The van der Waals surface area contributed by atoms with E-state index >= 15 is 0 Å². The predicted molar refractivity (Wildman–Crippen MR) is 158 cm³/mol. The van der Waals surface area contributed by atoms with E-state index < -0.39 is 17.8 Å². The zero-order valence-electron chi connectivity index (χ0n) is 23.0. The Hall–Kier alpha value is -4.53. The van der Waals surface area contributed by atoms with E-state index in [1.165, 1.54) is 12.1 Å². The molecule has 1 aliphatic carbocycles. The Balaban J connectivity index is 1.54. The molecule has 214 valence electrons. The first-order valence-electron chi connectivity index (χ1n) is 13.9. The highest BCUT2D eigenvalue weighted by atomic mass is 19.1. The molecule has 0 bridgehead atoms. The van der Waals surface area contributed by atoms with Crippen LogP contribution in [0.15, 0.2) is 72.8 Å². The minimum atomic E-state index is -0.730. The summed E-state index contributed by atoms with van der Waals surface area (Å²) in [7, 11) is 0. The van der Waals surface area contributed by atoms with Crippen molar-refractivity contribution in [3.63, 3.8) is 0 Å². The number of nitrogens with one attached hydrogen (secondary N) is 4. The Bertz CT molecular complexity index is 1380. The fraction of sp³-hybridized carbons (Fsp3) is 0.312. The van der Waals surface area contributed by atoms with Gasteiger partial charge < -0.3 is 22.1 Å². The van der Waals surface area contributed by atoms with Crippen molar-refractivity contribution in [3.05, 3.63) is 106 Å². The zero-order valence-corrected chi connectivity index (χ0v) is 23.0. The molecule has 4 rings (SSSR count). The second-order valence-electron chi connectivity index (χ2n) is 10.6. The minimum Gasteiger partial charge on any atom is -0.384 e. The fourth-order valence-corrected chi connectivity index (χ4v) is 5.36. The molecule has 3 aromatic rings. The number of carbonyl (C=O) groups excluding carboxylic acids is 2. The third-order valence-corrected chi connectivity index (χ3v) is 7.71. The third kappa shape index (κ3) is 8.00. The molecular weight excluding hydrogens is 519 g/mol. The molecule has 2 atom stereocenters. The summed E-state index contributed by atoms with van der Waals surface area (Å²) in [5, 5.41) is 21.2. The van der Waals surface area contributed by atoms with Gasteiger partial charge in [-0.25, -0.2) is 4.39 Å². The molecule has 3 aromatic carbocycles. The lowest BCUT2D eigenvalue weighted by Crippen LogP contribution is -2.52. The smallest absolute Gasteiger partial charge is 0.243 e. The van der Waals surface area contributed by atoms with Gasteiger partial charge in [0.15, 0.2) is 0 Å². The Kier molecular flexibility index (Phi) is 9.84. The molecule has 0 saturated heterocycles. The first-order valence-corrected chi connectivity index (χ1v) is 13.9. The lowest BCUT2D eigenvalue weighted by atomic mass is 9.82. The maximum absolute atomic E-state index is 14.2. The highest BCUT2D eigenvalue weighted by Crippen LogP contribution is 2.28. The van der Waals surface area contributed by atoms with Gasteiger partial charge in [-0.15, -0.1) is 0 Å². The van der Waals surface area contributed by atoms with Gasteiger partial charge in [0.1, 0.15) is 23.5 Å². The van der Waals surface area contributed by atoms with Gasteiger partial charge in [-0.2, -0.15) is 0 Å². The summed E-state index contributed by atoms with van der Waals surface area (Å²) in [6, 6.07) is 19.4. The van der Waals surface area contributed by atoms with Crippen LogP contribution in [-0.4, -0.2) is 29.5 Å². The normalized spacial score (nSPS) is 15.0. The van der Waals surface area contributed by atoms with Crippen LogP contribution in [0.4, 0.5) is 4.39 Å². The van der Waals surface area contributed by atoms with Crippen LogP contribution < -0.4 is 22.1 Å². The van der Waals surface area contributed by atoms with Gasteiger partial charge >= 0.3 is 0 Å². The van der Waals surface area contributed by atoms with Crippen LogP contribution in [0.5, 0.6) is 0 Å². The summed E-state index contributed by atoms with van der Waals surface area (Å²) < 4.78 is 14.2. The molecule has 0 aliphatic heterocycles. The molecule has 41 heavy (non-hydrogen) atoms. The number of hydrogen-bond acceptors (Lipinski definition) is 4. The monoisotopic (exact) mass is 556 g/mol. The van der Waals surface area contributed by atoms with Crippen molar-refractivity contribution in [1.82, 2.24) is 10.6 Å². The number of amidine groups is 2. The highest BCUT2D eigenvalue weighted by Gasteiger charge is 2.33. The summed E-state index contributed by atoms with van der Waals surface area (Å²) in [5.41, 5.74) is 14.5. The van der Waals surface area contributed by atoms with Crippen molar-refractivity contribution in [3.8, 4) is 0 Å². The molecule has 8 N–H and O–H groups in total. The van der Waals surface area contributed by atoms with Gasteiger partial charge in [-0.05, 0) is 54.0 Å². The van der Waals surface area contributed by atoms with Crippen molar-refractivity contribution in [2.45, 2.75) is 57.0 Å². The van der Waals surface area contributed by atoms with Crippen LogP contribution in [0, 0.1) is 22.6 Å². The number of rotatable bonds is 11. The van der Waals surface area contributed by atoms with Crippen LogP contribution in [0.25, 0.3) is 0 Å². The van der Waals surface area contributed by atoms with E-state index in [0.717, 1.165) is 43.2 Å². The molecule has 0 heterocycles. The standard InChI is InChI=1S/C32H37FN6O2/c33-26-8-4-7-25(18-26)27(17-20-9-13-23(14-10-20)29(34)35)31(40)39-28(22-5-2-1-3-6-22)32(41)38-19-21-11-15-24(16-12-21)30(36)37/h4,7-16,18,22,27-28H,1-3,5-6,17,19H2,(H3,34,35)(H3,36,37)(H,38,41)(H,39,40)/t27?,28-/m0/s1. The Labute approximate surface area is 239 Å². The SMILES string of the molecule is N=C(N)c1ccc(CNC(=O)[C@@H](NC(=O)C(Cc2ccc(C(=N)N)cc2)c2cccc(F)c2)C2CCCCC2)cc1. The second-order valence-corrected chi connectivity index (χ2v) is 10.6. The summed E-state index contributed by atoms with van der Waals surface area (Å²) in [5.74, 6) is -1.85. The number of halogens is 1. The highest BCUT2D eigenvalue weighted by molar-refractivity contribution is 5.95. The van der Waals surface area contributed by atoms with Crippen molar-refractivity contribution in [2.24, 2.45) is 17.4 Å². The van der Waals surface area contributed by atoms with Crippen LogP contribution >= 0.6 is 0 Å². The van der Waals surface area contributed by atoms with E-state index in [9.17, 15) is 14.0 Å². The summed E-state index contributed by atoms with van der Waals surface area (Å²) in [6.45, 7) is 0.270. The van der Waals surface area contributed by atoms with E-state index in [0.29, 0.717) is 16.7 Å². The molecule has 8 nitrogen and oxygen atoms in total. The number of nitrogens with two attached hydrogens (primary N) is 2. The Morgan fingerprint density at radius 3 is 1.98 bits per heavy atom. The topological polar surface area (TPSA) is 158 Å². The van der Waals surface area contributed by atoms with E-state index in [4.69, 9.17) is 22.3 Å². The quantitative estimate of drug-likeness (QED) is 0.155. The number of nitrogen functional groups attached to an aromatic ring is 2. The van der Waals surface area contributed by atoms with Gasteiger partial charge in [-0.3, -0.25) is 20.4 Å². The average molecular weight is 557 g/mol. The van der Waals surface area contributed by atoms with Crippen LogP contribution in [0.1, 0.15) is 65.8 Å². The predicted octanol–water partition coefficient (Wildman–Crippen LogP) is 4.10. The first kappa shape index (κ1) is 29.5. The van der Waals surface area contributed by atoms with E-state index in [1.54, 1.807) is 48.5 Å². The van der Waals surface area contributed by atoms with Crippen LogP contribution in [0.3, 0.4) is 0 Å². The lowest BCUT2D eigenvalue weighted by Gasteiger charge is -2.31. The maximum atomic E-state index is 14.2. The number of benzene rings is 3. The molecular formula is C32H37FN6O2. The minimum absolute atomic E-state index is 0.00389. The number of amides is 2. The number of carbonyl (C=O) groups is 2. The largest absolute Gasteiger partial charge is 0.384 e. The van der Waals surface area contributed by atoms with E-state index in [-0.39, 0.29) is 42.4 Å². The molecule has 1 unspecified atom stereocenters. The van der Waals surface area contributed by atoms with Crippen molar-refractivity contribution < 1.29 is 14.0 Å². The molecule has 1 fully saturated rings. The van der Waals surface area contributed by atoms with E-state index in [2.05, 4.69) is 10.6 Å². The van der Waals surface area contributed by atoms with Crippen LogP contribution in [0.2, 0.25) is 0 Å². The molecule has 2 amide bonds. The maximum Gasteiger partial charge on any atom is 0.243 e. The Morgan fingerprint density at radius 2 is 1.41 bits per heavy atom. The van der Waals surface area contributed by atoms with Crippen LogP contribution in [-0.2, 0) is 22.6 Å². The lowest BCUT2D eigenvalue weighted by molar-refractivity contribution is -0.131. The zero-order chi connectivity index (χ0) is 29.4.